The molecule has 0 saturated heterocycles. The molecule has 0 aliphatic carbocycles. The summed E-state index contributed by atoms with van der Waals surface area (Å²) in [6.07, 6.45) is 0. The highest BCUT2D eigenvalue weighted by Gasteiger charge is 2.11. The number of hydrogen-bond donors (Lipinski definition) is 1. The minimum absolute atomic E-state index is 0.00164. The van der Waals surface area contributed by atoms with Gasteiger partial charge < -0.3 is 10.0 Å². The molecule has 0 aromatic heterocycles. The van der Waals surface area contributed by atoms with Crippen LogP contribution in [0.4, 0.5) is 5.69 Å². The molecular weight excluding hydrogens is 238 g/mol. The SMILES string of the molecule is Cc1ccccc1CN(CC(=O)O)c1ccccc1. The summed E-state index contributed by atoms with van der Waals surface area (Å²) >= 11 is 0. The molecule has 0 fully saturated rings. The third kappa shape index (κ3) is 3.58. The minimum Gasteiger partial charge on any atom is -0.480 e. The first-order chi connectivity index (χ1) is 9.16. The number of aryl methyl sites for hydroxylation is 1. The van der Waals surface area contributed by atoms with E-state index in [4.69, 9.17) is 5.11 Å². The summed E-state index contributed by atoms with van der Waals surface area (Å²) in [6.45, 7) is 2.64. The number of aliphatic carboxylic acids is 1. The summed E-state index contributed by atoms with van der Waals surface area (Å²) in [5.41, 5.74) is 3.24. The number of benzene rings is 2. The van der Waals surface area contributed by atoms with E-state index in [-0.39, 0.29) is 6.54 Å². The summed E-state index contributed by atoms with van der Waals surface area (Å²) in [4.78, 5) is 12.9. The van der Waals surface area contributed by atoms with Crippen LogP contribution in [0, 0.1) is 6.92 Å². The van der Waals surface area contributed by atoms with Gasteiger partial charge in [0.05, 0.1) is 0 Å². The van der Waals surface area contributed by atoms with Gasteiger partial charge in [-0.3, -0.25) is 4.79 Å². The van der Waals surface area contributed by atoms with Crippen LogP contribution >= 0.6 is 0 Å². The second-order valence-corrected chi connectivity index (χ2v) is 4.51. The van der Waals surface area contributed by atoms with Gasteiger partial charge in [-0.25, -0.2) is 0 Å². The van der Waals surface area contributed by atoms with Crippen LogP contribution < -0.4 is 4.90 Å². The average molecular weight is 255 g/mol. The maximum absolute atomic E-state index is 11.0. The minimum atomic E-state index is -0.822. The summed E-state index contributed by atoms with van der Waals surface area (Å²) in [5.74, 6) is -0.822. The van der Waals surface area contributed by atoms with Gasteiger partial charge in [0.15, 0.2) is 0 Å². The molecule has 0 amide bonds. The van der Waals surface area contributed by atoms with E-state index in [9.17, 15) is 4.79 Å². The van der Waals surface area contributed by atoms with Crippen LogP contribution in [0.15, 0.2) is 54.6 Å². The van der Waals surface area contributed by atoms with Crippen LogP contribution in [-0.2, 0) is 11.3 Å². The fourth-order valence-electron chi connectivity index (χ4n) is 2.03. The van der Waals surface area contributed by atoms with Crippen molar-refractivity contribution < 1.29 is 9.90 Å². The van der Waals surface area contributed by atoms with Crippen LogP contribution in [0.2, 0.25) is 0 Å². The first-order valence-electron chi connectivity index (χ1n) is 6.23. The normalized spacial score (nSPS) is 10.2. The lowest BCUT2D eigenvalue weighted by molar-refractivity contribution is -0.135. The number of carbonyl (C=O) groups is 1. The zero-order valence-electron chi connectivity index (χ0n) is 10.9. The lowest BCUT2D eigenvalue weighted by Crippen LogP contribution is -2.29. The van der Waals surface area contributed by atoms with E-state index in [1.807, 2.05) is 66.4 Å². The lowest BCUT2D eigenvalue weighted by atomic mass is 10.1. The number of hydrogen-bond acceptors (Lipinski definition) is 2. The Kier molecular flexibility index (Phi) is 4.18. The third-order valence-electron chi connectivity index (χ3n) is 3.07. The second-order valence-electron chi connectivity index (χ2n) is 4.51. The van der Waals surface area contributed by atoms with Crippen LogP contribution in [0.3, 0.4) is 0 Å². The third-order valence-corrected chi connectivity index (χ3v) is 3.07. The Morgan fingerprint density at radius 1 is 1.05 bits per heavy atom. The molecule has 98 valence electrons. The molecule has 0 atom stereocenters. The first-order valence-corrected chi connectivity index (χ1v) is 6.23. The highest BCUT2D eigenvalue weighted by atomic mass is 16.4. The van der Waals surface area contributed by atoms with Gasteiger partial charge in [0, 0.05) is 12.2 Å². The molecule has 2 rings (SSSR count). The Hall–Kier alpha value is -2.29. The molecular formula is C16H17NO2. The molecule has 3 heteroatoms. The predicted octanol–water partition coefficient (Wildman–Crippen LogP) is 3.09. The smallest absolute Gasteiger partial charge is 0.323 e. The van der Waals surface area contributed by atoms with E-state index in [1.165, 1.54) is 5.56 Å². The van der Waals surface area contributed by atoms with Crippen molar-refractivity contribution in [3.05, 3.63) is 65.7 Å². The van der Waals surface area contributed by atoms with E-state index in [0.717, 1.165) is 11.3 Å². The quantitative estimate of drug-likeness (QED) is 0.892. The molecule has 1 N–H and O–H groups in total. The zero-order valence-corrected chi connectivity index (χ0v) is 10.9. The van der Waals surface area contributed by atoms with Crippen molar-refractivity contribution in [2.75, 3.05) is 11.4 Å². The molecule has 0 heterocycles. The number of rotatable bonds is 5. The van der Waals surface area contributed by atoms with Crippen LogP contribution in [-0.4, -0.2) is 17.6 Å². The summed E-state index contributed by atoms with van der Waals surface area (Å²) in [7, 11) is 0. The number of para-hydroxylation sites is 1. The fraction of sp³-hybridized carbons (Fsp3) is 0.188. The molecule has 0 unspecified atom stereocenters. The standard InChI is InChI=1S/C16H17NO2/c1-13-7-5-6-8-14(13)11-17(12-16(18)19)15-9-3-2-4-10-15/h2-10H,11-12H2,1H3,(H,18,19). The fourth-order valence-corrected chi connectivity index (χ4v) is 2.03. The summed E-state index contributed by atoms with van der Waals surface area (Å²) in [5, 5.41) is 9.05. The molecule has 0 aliphatic heterocycles. The molecule has 0 saturated carbocycles. The van der Waals surface area contributed by atoms with Crippen LogP contribution in [0.1, 0.15) is 11.1 Å². The molecule has 0 aliphatic rings. The topological polar surface area (TPSA) is 40.5 Å². The Balaban J connectivity index is 2.24. The Bertz CT molecular complexity index is 552. The van der Waals surface area contributed by atoms with Gasteiger partial charge >= 0.3 is 5.97 Å². The number of carboxylic acids is 1. The molecule has 0 bridgehead atoms. The first kappa shape index (κ1) is 13.1. The van der Waals surface area contributed by atoms with Gasteiger partial charge in [-0.2, -0.15) is 0 Å². The Morgan fingerprint density at radius 3 is 2.32 bits per heavy atom. The van der Waals surface area contributed by atoms with Gasteiger partial charge in [0.2, 0.25) is 0 Å². The van der Waals surface area contributed by atoms with Crippen molar-refractivity contribution in [3.63, 3.8) is 0 Å². The second kappa shape index (κ2) is 6.05. The lowest BCUT2D eigenvalue weighted by Gasteiger charge is -2.23. The largest absolute Gasteiger partial charge is 0.480 e. The molecule has 3 nitrogen and oxygen atoms in total. The molecule has 0 spiro atoms. The van der Waals surface area contributed by atoms with Crippen molar-refractivity contribution in [2.45, 2.75) is 13.5 Å². The van der Waals surface area contributed by atoms with Gasteiger partial charge in [0.25, 0.3) is 0 Å². The van der Waals surface area contributed by atoms with Crippen LogP contribution in [0.5, 0.6) is 0 Å². The van der Waals surface area contributed by atoms with Gasteiger partial charge in [0.1, 0.15) is 6.54 Å². The highest BCUT2D eigenvalue weighted by Crippen LogP contribution is 2.18. The Morgan fingerprint density at radius 2 is 1.68 bits per heavy atom. The van der Waals surface area contributed by atoms with Crippen LogP contribution in [0.25, 0.3) is 0 Å². The zero-order chi connectivity index (χ0) is 13.7. The van der Waals surface area contributed by atoms with Gasteiger partial charge in [-0.05, 0) is 30.2 Å². The molecule has 2 aromatic rings. The Labute approximate surface area is 113 Å². The summed E-state index contributed by atoms with van der Waals surface area (Å²) in [6, 6.07) is 17.7. The molecule has 0 radical (unpaired) electrons. The van der Waals surface area contributed by atoms with Crippen molar-refractivity contribution in [1.82, 2.24) is 0 Å². The number of anilines is 1. The maximum atomic E-state index is 11.0. The van der Waals surface area contributed by atoms with E-state index in [1.54, 1.807) is 0 Å². The van der Waals surface area contributed by atoms with E-state index >= 15 is 0 Å². The predicted molar refractivity (Wildman–Crippen MR) is 76.3 cm³/mol. The van der Waals surface area contributed by atoms with Gasteiger partial charge in [-0.15, -0.1) is 0 Å². The van der Waals surface area contributed by atoms with Crippen molar-refractivity contribution in [1.29, 1.82) is 0 Å². The van der Waals surface area contributed by atoms with E-state index in [0.29, 0.717) is 6.54 Å². The van der Waals surface area contributed by atoms with E-state index in [2.05, 4.69) is 0 Å². The molecule has 2 aromatic carbocycles. The number of nitrogens with zero attached hydrogens (tertiary/aromatic N) is 1. The van der Waals surface area contributed by atoms with Crippen molar-refractivity contribution >= 4 is 11.7 Å². The average Bonchev–Trinajstić information content (AvgIpc) is 2.41. The summed E-state index contributed by atoms with van der Waals surface area (Å²) < 4.78 is 0. The monoisotopic (exact) mass is 255 g/mol. The van der Waals surface area contributed by atoms with Crippen molar-refractivity contribution in [3.8, 4) is 0 Å². The maximum Gasteiger partial charge on any atom is 0.323 e. The molecule has 19 heavy (non-hydrogen) atoms. The van der Waals surface area contributed by atoms with Gasteiger partial charge in [-0.1, -0.05) is 42.5 Å². The number of carboxylic acid groups (broad SMARTS) is 1. The highest BCUT2D eigenvalue weighted by molar-refractivity contribution is 5.73. The van der Waals surface area contributed by atoms with Crippen molar-refractivity contribution in [2.24, 2.45) is 0 Å². The van der Waals surface area contributed by atoms with E-state index < -0.39 is 5.97 Å².